The molecule has 0 atom stereocenters. The highest BCUT2D eigenvalue weighted by atomic mass is 16.5. The fraction of sp³-hybridized carbons (Fsp3) is 0.0952. The lowest BCUT2D eigenvalue weighted by Gasteiger charge is -2.03. The summed E-state index contributed by atoms with van der Waals surface area (Å²) >= 11 is 0. The molecule has 0 aliphatic carbocycles. The molecular formula is C21H17N3O3. The maximum Gasteiger partial charge on any atom is 0.342 e. The summed E-state index contributed by atoms with van der Waals surface area (Å²) in [7, 11) is 0. The maximum absolute atomic E-state index is 12.7. The molecule has 0 spiro atoms. The van der Waals surface area contributed by atoms with Gasteiger partial charge < -0.3 is 9.26 Å². The predicted molar refractivity (Wildman–Crippen MR) is 99.4 cm³/mol. The minimum absolute atomic E-state index is 0.0183. The van der Waals surface area contributed by atoms with Gasteiger partial charge in [-0.3, -0.25) is 0 Å². The molecule has 0 unspecified atom stereocenters. The molecule has 134 valence electrons. The number of para-hydroxylation sites is 1. The highest BCUT2D eigenvalue weighted by Crippen LogP contribution is 2.24. The number of benzene rings is 2. The highest BCUT2D eigenvalue weighted by molar-refractivity contribution is 5.96. The number of ether oxygens (including phenoxy) is 1. The Morgan fingerprint density at radius 3 is 2.44 bits per heavy atom. The monoisotopic (exact) mass is 359 g/mol. The molecule has 2 aromatic heterocycles. The molecule has 27 heavy (non-hydrogen) atoms. The lowest BCUT2D eigenvalue weighted by Crippen LogP contribution is -2.05. The molecule has 0 N–H and O–H groups in total. The number of aromatic nitrogens is 3. The highest BCUT2D eigenvalue weighted by Gasteiger charge is 2.20. The van der Waals surface area contributed by atoms with Crippen molar-refractivity contribution in [3.05, 3.63) is 89.9 Å². The van der Waals surface area contributed by atoms with Crippen LogP contribution in [0.2, 0.25) is 0 Å². The van der Waals surface area contributed by atoms with Gasteiger partial charge in [-0.25, -0.2) is 9.48 Å². The van der Waals surface area contributed by atoms with Crippen LogP contribution in [0.1, 0.15) is 21.8 Å². The lowest BCUT2D eigenvalue weighted by atomic mass is 10.1. The van der Waals surface area contributed by atoms with Gasteiger partial charge in [0.05, 0.1) is 11.4 Å². The van der Waals surface area contributed by atoms with Crippen LogP contribution < -0.4 is 0 Å². The van der Waals surface area contributed by atoms with E-state index in [0.29, 0.717) is 17.0 Å². The van der Waals surface area contributed by atoms with E-state index in [2.05, 4.69) is 10.3 Å². The van der Waals surface area contributed by atoms with Gasteiger partial charge in [0.25, 0.3) is 0 Å². The number of hydrogen-bond acceptors (Lipinski definition) is 5. The third kappa shape index (κ3) is 3.64. The van der Waals surface area contributed by atoms with Crippen molar-refractivity contribution in [2.75, 3.05) is 0 Å². The Morgan fingerprint density at radius 1 is 1.07 bits per heavy atom. The molecule has 4 aromatic rings. The Balaban J connectivity index is 1.67. The molecule has 0 aliphatic heterocycles. The molecule has 6 nitrogen and oxygen atoms in total. The van der Waals surface area contributed by atoms with E-state index in [9.17, 15) is 4.79 Å². The van der Waals surface area contributed by atoms with Crippen molar-refractivity contribution in [1.29, 1.82) is 0 Å². The maximum atomic E-state index is 12.7. The summed E-state index contributed by atoms with van der Waals surface area (Å²) in [5.74, 6) is 0.0302. The second kappa shape index (κ2) is 7.29. The third-order valence-electron chi connectivity index (χ3n) is 4.02. The molecule has 0 amide bonds. The predicted octanol–water partition coefficient (Wildman–Crippen LogP) is 4.19. The quantitative estimate of drug-likeness (QED) is 0.500. The van der Waals surface area contributed by atoms with E-state index in [1.165, 1.54) is 0 Å². The van der Waals surface area contributed by atoms with Crippen LogP contribution in [0.4, 0.5) is 0 Å². The van der Waals surface area contributed by atoms with Gasteiger partial charge in [0.2, 0.25) is 0 Å². The van der Waals surface area contributed by atoms with Crippen LogP contribution in [-0.4, -0.2) is 20.9 Å². The Kier molecular flexibility index (Phi) is 4.53. The Hall–Kier alpha value is -3.67. The first-order valence-electron chi connectivity index (χ1n) is 8.50. The van der Waals surface area contributed by atoms with Crippen LogP contribution in [0, 0.1) is 6.92 Å². The summed E-state index contributed by atoms with van der Waals surface area (Å²) < 4.78 is 12.2. The lowest BCUT2D eigenvalue weighted by molar-refractivity contribution is 0.0438. The Morgan fingerprint density at radius 2 is 1.78 bits per heavy atom. The minimum Gasteiger partial charge on any atom is -0.454 e. The topological polar surface area (TPSA) is 70.2 Å². The first-order chi connectivity index (χ1) is 13.2. The van der Waals surface area contributed by atoms with Gasteiger partial charge in [-0.15, -0.1) is 0 Å². The van der Waals surface area contributed by atoms with Gasteiger partial charge in [-0.2, -0.15) is 5.10 Å². The number of aryl methyl sites for hydroxylation is 1. The summed E-state index contributed by atoms with van der Waals surface area (Å²) in [6.45, 7) is 1.83. The van der Waals surface area contributed by atoms with Crippen LogP contribution in [0.25, 0.3) is 16.9 Å². The molecule has 0 saturated heterocycles. The van der Waals surface area contributed by atoms with Gasteiger partial charge in [0.15, 0.2) is 12.4 Å². The number of carbonyl (C=O) groups excluding carboxylic acids is 1. The smallest absolute Gasteiger partial charge is 0.342 e. The normalized spacial score (nSPS) is 10.7. The van der Waals surface area contributed by atoms with Crippen molar-refractivity contribution in [1.82, 2.24) is 14.9 Å². The molecule has 0 saturated carbocycles. The molecule has 4 rings (SSSR count). The van der Waals surface area contributed by atoms with Gasteiger partial charge in [0.1, 0.15) is 11.3 Å². The minimum atomic E-state index is -0.468. The van der Waals surface area contributed by atoms with E-state index < -0.39 is 5.97 Å². The van der Waals surface area contributed by atoms with Crippen molar-refractivity contribution < 1.29 is 14.1 Å². The average molecular weight is 359 g/mol. The summed E-state index contributed by atoms with van der Waals surface area (Å²) in [5.41, 5.74) is 3.40. The fourth-order valence-electron chi connectivity index (χ4n) is 2.74. The number of hydrogen-bond donors (Lipinski definition) is 0. The summed E-state index contributed by atoms with van der Waals surface area (Å²) in [5, 5.41) is 8.40. The second-order valence-electron chi connectivity index (χ2n) is 6.05. The molecule has 0 aliphatic rings. The molecule has 2 aromatic carbocycles. The van der Waals surface area contributed by atoms with Gasteiger partial charge >= 0.3 is 5.97 Å². The first-order valence-corrected chi connectivity index (χ1v) is 8.50. The largest absolute Gasteiger partial charge is 0.454 e. The zero-order valence-corrected chi connectivity index (χ0v) is 14.7. The van der Waals surface area contributed by atoms with E-state index >= 15 is 0 Å². The molecule has 0 bridgehead atoms. The SMILES string of the molecule is Cc1cc(COC(=O)c2cn(-c3ccccc3)nc2-c2ccccc2)on1. The molecule has 2 heterocycles. The average Bonchev–Trinajstić information content (AvgIpc) is 3.34. The fourth-order valence-corrected chi connectivity index (χ4v) is 2.74. The van der Waals surface area contributed by atoms with Crippen molar-refractivity contribution >= 4 is 5.97 Å². The van der Waals surface area contributed by atoms with Crippen molar-refractivity contribution in [3.63, 3.8) is 0 Å². The molecule has 0 radical (unpaired) electrons. The molecular weight excluding hydrogens is 342 g/mol. The molecule has 6 heteroatoms. The second-order valence-corrected chi connectivity index (χ2v) is 6.05. The third-order valence-corrected chi connectivity index (χ3v) is 4.02. The summed E-state index contributed by atoms with van der Waals surface area (Å²) in [6.07, 6.45) is 1.69. The number of carbonyl (C=O) groups is 1. The van der Waals surface area contributed by atoms with E-state index in [4.69, 9.17) is 9.26 Å². The zero-order chi connectivity index (χ0) is 18.6. The summed E-state index contributed by atoms with van der Waals surface area (Å²) in [6, 6.07) is 20.9. The van der Waals surface area contributed by atoms with E-state index in [0.717, 1.165) is 16.9 Å². The van der Waals surface area contributed by atoms with E-state index in [-0.39, 0.29) is 6.61 Å². The van der Waals surface area contributed by atoms with Crippen LogP contribution >= 0.6 is 0 Å². The van der Waals surface area contributed by atoms with E-state index in [1.54, 1.807) is 16.9 Å². The standard InChI is InChI=1S/C21H17N3O3/c1-15-12-18(27-23-15)14-26-21(25)19-13-24(17-10-6-3-7-11-17)22-20(19)16-8-4-2-5-9-16/h2-13H,14H2,1H3. The van der Waals surface area contributed by atoms with E-state index in [1.807, 2.05) is 67.6 Å². The number of esters is 1. The van der Waals surface area contributed by atoms with Crippen molar-refractivity contribution in [2.45, 2.75) is 13.5 Å². The zero-order valence-electron chi connectivity index (χ0n) is 14.7. The van der Waals surface area contributed by atoms with Crippen LogP contribution in [0.15, 0.2) is 77.4 Å². The van der Waals surface area contributed by atoms with Crippen molar-refractivity contribution in [2.24, 2.45) is 0 Å². The number of rotatable bonds is 5. The van der Waals surface area contributed by atoms with Crippen LogP contribution in [-0.2, 0) is 11.3 Å². The van der Waals surface area contributed by atoms with Gasteiger partial charge in [0, 0.05) is 17.8 Å². The van der Waals surface area contributed by atoms with Crippen LogP contribution in [0.3, 0.4) is 0 Å². The van der Waals surface area contributed by atoms with Gasteiger partial charge in [-0.05, 0) is 19.1 Å². The Bertz CT molecular complexity index is 1050. The first kappa shape index (κ1) is 16.8. The number of nitrogens with zero attached hydrogens (tertiary/aromatic N) is 3. The van der Waals surface area contributed by atoms with Crippen molar-refractivity contribution in [3.8, 4) is 16.9 Å². The summed E-state index contributed by atoms with van der Waals surface area (Å²) in [4.78, 5) is 12.7. The Labute approximate surface area is 156 Å². The van der Waals surface area contributed by atoms with Crippen LogP contribution in [0.5, 0.6) is 0 Å². The molecule has 0 fully saturated rings. The van der Waals surface area contributed by atoms with Gasteiger partial charge in [-0.1, -0.05) is 53.7 Å².